The molecule has 0 saturated heterocycles. The molecule has 4 heteroatoms. The zero-order chi connectivity index (χ0) is 13.0. The molecule has 0 spiro atoms. The number of nitrogens with one attached hydrogen (secondary N) is 1. The summed E-state index contributed by atoms with van der Waals surface area (Å²) < 4.78 is 5.40. The van der Waals surface area contributed by atoms with Crippen molar-refractivity contribution in [2.45, 2.75) is 20.8 Å². The molecule has 0 fully saturated rings. The minimum Gasteiger partial charge on any atom is -0.494 e. The maximum atomic E-state index is 5.40. The molecule has 0 unspecified atom stereocenters. The molecule has 0 aliphatic rings. The van der Waals surface area contributed by atoms with Crippen LogP contribution in [0.25, 0.3) is 0 Å². The first-order chi connectivity index (χ1) is 8.70. The van der Waals surface area contributed by atoms with Gasteiger partial charge in [-0.05, 0) is 45.0 Å². The van der Waals surface area contributed by atoms with Crippen LogP contribution < -0.4 is 10.1 Å². The molecule has 0 aliphatic heterocycles. The molecule has 0 aliphatic carbocycles. The fourth-order valence-electron chi connectivity index (χ4n) is 1.60. The lowest BCUT2D eigenvalue weighted by molar-refractivity contribution is 0.340. The predicted octanol–water partition coefficient (Wildman–Crippen LogP) is 3.24. The summed E-state index contributed by atoms with van der Waals surface area (Å²) in [5, 5.41) is 3.28. The number of ether oxygens (including phenoxy) is 1. The summed E-state index contributed by atoms with van der Waals surface area (Å²) in [5.74, 6) is 1.71. The summed E-state index contributed by atoms with van der Waals surface area (Å²) in [6, 6.07) is 7.83. The van der Waals surface area contributed by atoms with Crippen molar-refractivity contribution in [2.75, 3.05) is 11.9 Å². The van der Waals surface area contributed by atoms with E-state index in [1.807, 2.05) is 45.0 Å². The van der Waals surface area contributed by atoms with Crippen molar-refractivity contribution in [3.05, 3.63) is 41.9 Å². The van der Waals surface area contributed by atoms with Gasteiger partial charge in [-0.3, -0.25) is 0 Å². The van der Waals surface area contributed by atoms with Crippen LogP contribution in [0, 0.1) is 13.8 Å². The van der Waals surface area contributed by atoms with E-state index in [0.29, 0.717) is 6.61 Å². The van der Waals surface area contributed by atoms with E-state index in [0.717, 1.165) is 28.5 Å². The Morgan fingerprint density at radius 3 is 2.50 bits per heavy atom. The Hall–Kier alpha value is -2.10. The molecule has 2 aromatic rings. The summed E-state index contributed by atoms with van der Waals surface area (Å²) in [6.45, 7) is 6.63. The Bertz CT molecular complexity index is 523. The topological polar surface area (TPSA) is 47.0 Å². The Morgan fingerprint density at radius 2 is 1.83 bits per heavy atom. The normalized spacial score (nSPS) is 10.2. The third kappa shape index (κ3) is 2.77. The van der Waals surface area contributed by atoms with Gasteiger partial charge in [0.1, 0.15) is 17.9 Å². The smallest absolute Gasteiger partial charge is 0.136 e. The van der Waals surface area contributed by atoms with Crippen molar-refractivity contribution in [2.24, 2.45) is 0 Å². The van der Waals surface area contributed by atoms with Gasteiger partial charge in [0.25, 0.3) is 0 Å². The Morgan fingerprint density at radius 1 is 1.11 bits per heavy atom. The maximum absolute atomic E-state index is 5.40. The van der Waals surface area contributed by atoms with Crippen LogP contribution >= 0.6 is 0 Å². The van der Waals surface area contributed by atoms with Crippen LogP contribution in [0.2, 0.25) is 0 Å². The fourth-order valence-corrected chi connectivity index (χ4v) is 1.60. The number of rotatable bonds is 4. The average molecular weight is 243 g/mol. The zero-order valence-corrected chi connectivity index (χ0v) is 10.9. The van der Waals surface area contributed by atoms with E-state index in [4.69, 9.17) is 4.74 Å². The zero-order valence-electron chi connectivity index (χ0n) is 10.9. The van der Waals surface area contributed by atoms with Gasteiger partial charge in [-0.1, -0.05) is 0 Å². The van der Waals surface area contributed by atoms with Gasteiger partial charge in [0, 0.05) is 16.9 Å². The minimum atomic E-state index is 0.678. The summed E-state index contributed by atoms with van der Waals surface area (Å²) in [4.78, 5) is 8.39. The maximum Gasteiger partial charge on any atom is 0.136 e. The number of nitrogens with zero attached hydrogens (tertiary/aromatic N) is 2. The second-order valence-electron chi connectivity index (χ2n) is 4.02. The highest BCUT2D eigenvalue weighted by Crippen LogP contribution is 2.21. The highest BCUT2D eigenvalue weighted by molar-refractivity contribution is 5.60. The molecule has 1 heterocycles. The molecule has 0 amide bonds. The minimum absolute atomic E-state index is 0.678. The van der Waals surface area contributed by atoms with Gasteiger partial charge in [-0.2, -0.15) is 0 Å². The highest BCUT2D eigenvalue weighted by atomic mass is 16.5. The third-order valence-corrected chi connectivity index (χ3v) is 2.76. The predicted molar refractivity (Wildman–Crippen MR) is 72.4 cm³/mol. The second kappa shape index (κ2) is 5.49. The van der Waals surface area contributed by atoms with Crippen LogP contribution in [-0.2, 0) is 0 Å². The third-order valence-electron chi connectivity index (χ3n) is 2.76. The number of hydrogen-bond donors (Lipinski definition) is 1. The number of benzene rings is 1. The Kier molecular flexibility index (Phi) is 3.77. The molecule has 2 rings (SSSR count). The van der Waals surface area contributed by atoms with E-state index in [9.17, 15) is 0 Å². The van der Waals surface area contributed by atoms with E-state index in [1.165, 1.54) is 0 Å². The standard InChI is InChI=1S/C14H17N3O/c1-4-18-13-7-5-12(6-8-13)17-14-10(2)11(3)15-9-16-14/h5-9H,4H2,1-3H3,(H,15,16,17). The Balaban J connectivity index is 2.16. The summed E-state index contributed by atoms with van der Waals surface area (Å²) >= 11 is 0. The molecule has 1 N–H and O–H groups in total. The molecule has 0 bridgehead atoms. The van der Waals surface area contributed by atoms with Gasteiger partial charge in [0.15, 0.2) is 0 Å². The van der Waals surface area contributed by atoms with Crippen LogP contribution in [-0.4, -0.2) is 16.6 Å². The van der Waals surface area contributed by atoms with E-state index in [2.05, 4.69) is 15.3 Å². The molecule has 1 aromatic heterocycles. The molecule has 0 atom stereocenters. The molecule has 0 saturated carbocycles. The lowest BCUT2D eigenvalue weighted by Crippen LogP contribution is -1.99. The molecule has 1 aromatic carbocycles. The monoisotopic (exact) mass is 243 g/mol. The SMILES string of the molecule is CCOc1ccc(Nc2ncnc(C)c2C)cc1. The summed E-state index contributed by atoms with van der Waals surface area (Å²) in [5.41, 5.74) is 3.03. The van der Waals surface area contributed by atoms with Crippen LogP contribution in [0.4, 0.5) is 11.5 Å². The lowest BCUT2D eigenvalue weighted by Gasteiger charge is -2.10. The number of hydrogen-bond acceptors (Lipinski definition) is 4. The summed E-state index contributed by atoms with van der Waals surface area (Å²) in [6.07, 6.45) is 1.57. The van der Waals surface area contributed by atoms with Gasteiger partial charge in [0.05, 0.1) is 6.61 Å². The largest absolute Gasteiger partial charge is 0.494 e. The lowest BCUT2D eigenvalue weighted by atomic mass is 10.2. The van der Waals surface area contributed by atoms with Crippen LogP contribution in [0.15, 0.2) is 30.6 Å². The van der Waals surface area contributed by atoms with E-state index in [1.54, 1.807) is 6.33 Å². The van der Waals surface area contributed by atoms with Crippen LogP contribution in [0.3, 0.4) is 0 Å². The van der Waals surface area contributed by atoms with E-state index < -0.39 is 0 Å². The number of aromatic nitrogens is 2. The molecule has 94 valence electrons. The van der Waals surface area contributed by atoms with Crippen LogP contribution in [0.1, 0.15) is 18.2 Å². The van der Waals surface area contributed by atoms with Gasteiger partial charge in [0.2, 0.25) is 0 Å². The van der Waals surface area contributed by atoms with Gasteiger partial charge >= 0.3 is 0 Å². The van der Waals surface area contributed by atoms with Crippen molar-refractivity contribution in [1.29, 1.82) is 0 Å². The Labute approximate surface area is 107 Å². The van der Waals surface area contributed by atoms with Crippen molar-refractivity contribution in [1.82, 2.24) is 9.97 Å². The number of aryl methyl sites for hydroxylation is 1. The number of anilines is 2. The molecular formula is C14H17N3O. The van der Waals surface area contributed by atoms with Crippen molar-refractivity contribution in [3.63, 3.8) is 0 Å². The summed E-state index contributed by atoms with van der Waals surface area (Å²) in [7, 11) is 0. The van der Waals surface area contributed by atoms with Gasteiger partial charge in [-0.15, -0.1) is 0 Å². The van der Waals surface area contributed by atoms with Crippen molar-refractivity contribution < 1.29 is 4.74 Å². The molecule has 0 radical (unpaired) electrons. The fraction of sp³-hybridized carbons (Fsp3) is 0.286. The van der Waals surface area contributed by atoms with E-state index in [-0.39, 0.29) is 0 Å². The first-order valence-electron chi connectivity index (χ1n) is 5.98. The average Bonchev–Trinajstić information content (AvgIpc) is 2.38. The first-order valence-corrected chi connectivity index (χ1v) is 5.98. The van der Waals surface area contributed by atoms with Crippen molar-refractivity contribution >= 4 is 11.5 Å². The first kappa shape index (κ1) is 12.4. The van der Waals surface area contributed by atoms with Crippen LogP contribution in [0.5, 0.6) is 5.75 Å². The van der Waals surface area contributed by atoms with E-state index >= 15 is 0 Å². The molecule has 18 heavy (non-hydrogen) atoms. The quantitative estimate of drug-likeness (QED) is 0.895. The van der Waals surface area contributed by atoms with Gasteiger partial charge in [-0.25, -0.2) is 9.97 Å². The molecular weight excluding hydrogens is 226 g/mol. The second-order valence-corrected chi connectivity index (χ2v) is 4.02. The highest BCUT2D eigenvalue weighted by Gasteiger charge is 2.03. The molecule has 4 nitrogen and oxygen atoms in total. The van der Waals surface area contributed by atoms with Gasteiger partial charge < -0.3 is 10.1 Å². The van der Waals surface area contributed by atoms with Crippen molar-refractivity contribution in [3.8, 4) is 5.75 Å².